The van der Waals surface area contributed by atoms with Gasteiger partial charge in [0.25, 0.3) is 5.91 Å². The smallest absolute Gasteiger partial charge is 0.321 e. The van der Waals surface area contributed by atoms with Crippen LogP contribution in [-0.4, -0.2) is 24.0 Å². The van der Waals surface area contributed by atoms with E-state index >= 15 is 0 Å². The van der Waals surface area contributed by atoms with E-state index in [4.69, 9.17) is 11.6 Å². The molecule has 24 heavy (non-hydrogen) atoms. The minimum Gasteiger partial charge on any atom is -0.335 e. The molecule has 0 heterocycles. The van der Waals surface area contributed by atoms with Gasteiger partial charge in [0.15, 0.2) is 6.04 Å². The van der Waals surface area contributed by atoms with Crippen molar-refractivity contribution in [2.75, 3.05) is 0 Å². The number of nitrogens with two attached hydrogens (primary N) is 1. The van der Waals surface area contributed by atoms with Crippen LogP contribution in [0.1, 0.15) is 57.6 Å². The lowest BCUT2D eigenvalue weighted by Gasteiger charge is -2.23. The summed E-state index contributed by atoms with van der Waals surface area (Å²) < 4.78 is 0. The van der Waals surface area contributed by atoms with Gasteiger partial charge in [-0.15, -0.1) is 0 Å². The summed E-state index contributed by atoms with van der Waals surface area (Å²) in [4.78, 5) is 24.1. The van der Waals surface area contributed by atoms with Crippen molar-refractivity contribution < 1.29 is 14.9 Å². The molecule has 1 aromatic rings. The van der Waals surface area contributed by atoms with Crippen LogP contribution in [0, 0.1) is 0 Å². The number of hydrogen-bond acceptors (Lipinski definition) is 2. The standard InChI is InChI=1S/C18H26ClN3O2/c1-12(14-8-10-15(19)11-9-14)20-13(2)17(23)22-18(24)21-16-6-4-3-5-7-16/h8-13,16,20H,3-7H2,1-2H3,(H2,21,22,23,24)/p+1/t12-,13-/m1/s1. The lowest BCUT2D eigenvalue weighted by molar-refractivity contribution is -0.710. The lowest BCUT2D eigenvalue weighted by atomic mass is 9.96. The molecule has 1 aromatic carbocycles. The van der Waals surface area contributed by atoms with Crippen LogP contribution in [0.4, 0.5) is 4.79 Å². The monoisotopic (exact) mass is 352 g/mol. The van der Waals surface area contributed by atoms with E-state index in [9.17, 15) is 9.59 Å². The molecule has 1 fully saturated rings. The highest BCUT2D eigenvalue weighted by Crippen LogP contribution is 2.17. The largest absolute Gasteiger partial charge is 0.335 e. The molecule has 0 unspecified atom stereocenters. The lowest BCUT2D eigenvalue weighted by Crippen LogP contribution is -2.92. The van der Waals surface area contributed by atoms with Crippen molar-refractivity contribution in [1.29, 1.82) is 0 Å². The minimum atomic E-state index is -0.383. The number of benzene rings is 1. The molecule has 0 bridgehead atoms. The molecule has 132 valence electrons. The fraction of sp³-hybridized carbons (Fsp3) is 0.556. The second-order valence-corrected chi connectivity index (χ2v) is 7.06. The van der Waals surface area contributed by atoms with Crippen LogP contribution in [0.15, 0.2) is 24.3 Å². The zero-order valence-corrected chi connectivity index (χ0v) is 15.1. The fourth-order valence-electron chi connectivity index (χ4n) is 3.09. The van der Waals surface area contributed by atoms with Gasteiger partial charge in [-0.2, -0.15) is 0 Å². The summed E-state index contributed by atoms with van der Waals surface area (Å²) >= 11 is 5.89. The van der Waals surface area contributed by atoms with Gasteiger partial charge in [-0.25, -0.2) is 4.79 Å². The summed E-state index contributed by atoms with van der Waals surface area (Å²) in [5.41, 5.74) is 1.09. The second-order valence-electron chi connectivity index (χ2n) is 6.62. The molecule has 0 aliphatic heterocycles. The van der Waals surface area contributed by atoms with Crippen molar-refractivity contribution in [2.45, 2.75) is 64.1 Å². The third kappa shape index (κ3) is 5.80. The van der Waals surface area contributed by atoms with E-state index in [1.165, 1.54) is 6.42 Å². The molecule has 1 aliphatic rings. The Hall–Kier alpha value is -1.59. The number of quaternary nitrogens is 1. The van der Waals surface area contributed by atoms with Gasteiger partial charge >= 0.3 is 6.03 Å². The highest BCUT2D eigenvalue weighted by atomic mass is 35.5. The number of carbonyl (C=O) groups excluding carboxylic acids is 2. The van der Waals surface area contributed by atoms with Crippen LogP contribution in [-0.2, 0) is 4.79 Å². The van der Waals surface area contributed by atoms with E-state index in [1.807, 2.05) is 36.5 Å². The zero-order valence-electron chi connectivity index (χ0n) is 14.3. The Morgan fingerprint density at radius 1 is 1.12 bits per heavy atom. The number of halogens is 1. The van der Waals surface area contributed by atoms with Crippen molar-refractivity contribution in [1.82, 2.24) is 10.6 Å². The van der Waals surface area contributed by atoms with Crippen molar-refractivity contribution in [3.63, 3.8) is 0 Å². The first kappa shape index (κ1) is 18.7. The number of amides is 3. The van der Waals surface area contributed by atoms with Crippen LogP contribution in [0.2, 0.25) is 5.02 Å². The molecular weight excluding hydrogens is 326 g/mol. The third-order valence-corrected chi connectivity index (χ3v) is 4.82. The minimum absolute atomic E-state index is 0.101. The molecule has 0 saturated heterocycles. The quantitative estimate of drug-likeness (QED) is 0.761. The van der Waals surface area contributed by atoms with Gasteiger partial charge in [0, 0.05) is 16.6 Å². The first-order chi connectivity index (χ1) is 11.5. The number of imide groups is 1. The van der Waals surface area contributed by atoms with E-state index in [0.717, 1.165) is 31.2 Å². The van der Waals surface area contributed by atoms with Crippen molar-refractivity contribution >= 4 is 23.5 Å². The Morgan fingerprint density at radius 2 is 1.75 bits per heavy atom. The summed E-state index contributed by atoms with van der Waals surface area (Å²) in [6.45, 7) is 3.82. The van der Waals surface area contributed by atoms with Crippen molar-refractivity contribution in [2.24, 2.45) is 0 Å². The highest BCUT2D eigenvalue weighted by molar-refractivity contribution is 6.30. The molecule has 0 spiro atoms. The first-order valence-corrected chi connectivity index (χ1v) is 9.05. The average Bonchev–Trinajstić information content (AvgIpc) is 2.56. The maximum atomic E-state index is 12.2. The van der Waals surface area contributed by atoms with Crippen LogP contribution in [0.25, 0.3) is 0 Å². The molecule has 5 nitrogen and oxygen atoms in total. The van der Waals surface area contributed by atoms with Crippen LogP contribution < -0.4 is 16.0 Å². The Labute approximate surface area is 148 Å². The van der Waals surface area contributed by atoms with Crippen LogP contribution in [0.5, 0.6) is 0 Å². The third-order valence-electron chi connectivity index (χ3n) is 4.56. The number of urea groups is 1. The molecule has 4 N–H and O–H groups in total. The molecule has 2 atom stereocenters. The summed E-state index contributed by atoms with van der Waals surface area (Å²) in [7, 11) is 0. The van der Waals surface area contributed by atoms with Gasteiger partial charge in [0.1, 0.15) is 6.04 Å². The summed E-state index contributed by atoms with van der Waals surface area (Å²) in [6, 6.07) is 7.13. The van der Waals surface area contributed by atoms with Crippen molar-refractivity contribution in [3.8, 4) is 0 Å². The van der Waals surface area contributed by atoms with Gasteiger partial charge in [-0.05, 0) is 38.8 Å². The zero-order chi connectivity index (χ0) is 17.5. The Morgan fingerprint density at radius 3 is 2.38 bits per heavy atom. The molecule has 3 amide bonds. The maximum absolute atomic E-state index is 12.2. The van der Waals surface area contributed by atoms with Gasteiger partial charge in [-0.3, -0.25) is 10.1 Å². The molecule has 0 aromatic heterocycles. The van der Waals surface area contributed by atoms with E-state index in [-0.39, 0.29) is 30.1 Å². The summed E-state index contributed by atoms with van der Waals surface area (Å²) in [5.74, 6) is -0.274. The molecule has 1 saturated carbocycles. The van der Waals surface area contributed by atoms with Gasteiger partial charge in [0.05, 0.1) is 0 Å². The SMILES string of the molecule is C[C@@H]([NH2+][C@H](C)c1ccc(Cl)cc1)C(=O)NC(=O)NC1CCCCC1. The molecule has 2 rings (SSSR count). The fourth-order valence-corrected chi connectivity index (χ4v) is 3.22. The van der Waals surface area contributed by atoms with Crippen molar-refractivity contribution in [3.05, 3.63) is 34.9 Å². The van der Waals surface area contributed by atoms with Gasteiger partial charge in [-0.1, -0.05) is 43.0 Å². The second kappa shape index (κ2) is 9.04. The Balaban J connectivity index is 1.78. The number of hydrogen-bond donors (Lipinski definition) is 3. The molecular formula is C18H27ClN3O2+. The van der Waals surface area contributed by atoms with Crippen LogP contribution >= 0.6 is 11.6 Å². The predicted octanol–water partition coefficient (Wildman–Crippen LogP) is 2.51. The van der Waals surface area contributed by atoms with Gasteiger partial charge in [0.2, 0.25) is 0 Å². The topological polar surface area (TPSA) is 74.8 Å². The van der Waals surface area contributed by atoms with E-state index in [1.54, 1.807) is 6.92 Å². The highest BCUT2D eigenvalue weighted by Gasteiger charge is 2.23. The number of nitrogens with one attached hydrogen (secondary N) is 2. The van der Waals surface area contributed by atoms with E-state index < -0.39 is 0 Å². The number of rotatable bonds is 5. The first-order valence-electron chi connectivity index (χ1n) is 8.67. The maximum Gasteiger partial charge on any atom is 0.321 e. The average molecular weight is 353 g/mol. The normalized spacial score (nSPS) is 17.8. The van der Waals surface area contributed by atoms with E-state index in [2.05, 4.69) is 10.6 Å². The number of carbonyl (C=O) groups is 2. The Kier molecular flexibility index (Phi) is 7.06. The van der Waals surface area contributed by atoms with E-state index in [0.29, 0.717) is 5.02 Å². The molecule has 0 radical (unpaired) electrons. The van der Waals surface area contributed by atoms with Gasteiger partial charge < -0.3 is 10.6 Å². The Bertz CT molecular complexity index is 556. The molecule has 1 aliphatic carbocycles. The predicted molar refractivity (Wildman–Crippen MR) is 94.8 cm³/mol. The molecule has 6 heteroatoms. The summed E-state index contributed by atoms with van der Waals surface area (Å²) in [6.07, 6.45) is 5.50. The van der Waals surface area contributed by atoms with Crippen LogP contribution in [0.3, 0.4) is 0 Å². The summed E-state index contributed by atoms with van der Waals surface area (Å²) in [5, 5.41) is 7.98.